The van der Waals surface area contributed by atoms with Crippen molar-refractivity contribution in [3.05, 3.63) is 47.1 Å². The lowest BCUT2D eigenvalue weighted by Crippen LogP contribution is -2.57. The van der Waals surface area contributed by atoms with Crippen LogP contribution in [-0.2, 0) is 38.0 Å². The maximum atomic E-state index is 14.4. The second-order valence-electron chi connectivity index (χ2n) is 17.4. The lowest BCUT2D eigenvalue weighted by molar-refractivity contribution is -0.342. The number of ether oxygens (including phenoxy) is 7. The first kappa shape index (κ1) is 40.8. The summed E-state index contributed by atoms with van der Waals surface area (Å²) in [5.74, 6) is -1.83. The zero-order valence-electron chi connectivity index (χ0n) is 33.4. The zero-order chi connectivity index (χ0) is 39.1. The van der Waals surface area contributed by atoms with Crippen LogP contribution in [0.5, 0.6) is 0 Å². The molecule has 2 aliphatic carbocycles. The molecular formula is C43H63NO11. The molecule has 0 aromatic carbocycles. The molecule has 2 bridgehead atoms. The summed E-state index contributed by atoms with van der Waals surface area (Å²) in [5, 5.41) is 36.7. The first-order valence-electron chi connectivity index (χ1n) is 20.7. The minimum absolute atomic E-state index is 0.0359. The van der Waals surface area contributed by atoms with Gasteiger partial charge in [0.25, 0.3) is 0 Å². The van der Waals surface area contributed by atoms with Crippen molar-refractivity contribution in [2.45, 2.75) is 172 Å². The second-order valence-corrected chi connectivity index (χ2v) is 17.4. The Morgan fingerprint density at radius 1 is 1.02 bits per heavy atom. The topological polar surface area (TPSA) is 155 Å². The molecule has 0 amide bonds. The molecule has 0 aromatic heterocycles. The van der Waals surface area contributed by atoms with Crippen LogP contribution < -0.4 is 0 Å². The Kier molecular flexibility index (Phi) is 12.5. The number of esters is 1. The number of carbonyl (C=O) groups is 1. The van der Waals surface area contributed by atoms with Gasteiger partial charge in [0.2, 0.25) is 0 Å². The van der Waals surface area contributed by atoms with Gasteiger partial charge in [-0.2, -0.15) is 0 Å². The van der Waals surface area contributed by atoms with Gasteiger partial charge in [-0.15, -0.1) is 0 Å². The van der Waals surface area contributed by atoms with Crippen molar-refractivity contribution >= 4 is 11.7 Å². The Bertz CT molecular complexity index is 1550. The van der Waals surface area contributed by atoms with Gasteiger partial charge in [-0.05, 0) is 75.0 Å². The van der Waals surface area contributed by atoms with E-state index in [0.717, 1.165) is 24.8 Å². The number of aliphatic hydroxyl groups excluding tert-OH is 1. The fourth-order valence-electron chi connectivity index (χ4n) is 10.4. The number of oxime groups is 1. The lowest BCUT2D eigenvalue weighted by Gasteiger charge is -2.51. The van der Waals surface area contributed by atoms with Crippen LogP contribution in [0.2, 0.25) is 0 Å². The molecule has 12 heteroatoms. The summed E-state index contributed by atoms with van der Waals surface area (Å²) in [4.78, 5) is 14.4. The maximum Gasteiger partial charge on any atom is 0.316 e. The van der Waals surface area contributed by atoms with Gasteiger partial charge in [0, 0.05) is 38.7 Å². The summed E-state index contributed by atoms with van der Waals surface area (Å²) in [6.45, 7) is 10.0. The van der Waals surface area contributed by atoms with E-state index in [0.29, 0.717) is 55.1 Å². The molecule has 7 rings (SSSR count). The summed E-state index contributed by atoms with van der Waals surface area (Å²) in [7, 11) is 1.59. The number of aliphatic hydroxyl groups is 2. The molecule has 3 unspecified atom stereocenters. The Labute approximate surface area is 325 Å². The van der Waals surface area contributed by atoms with Crippen molar-refractivity contribution in [1.29, 1.82) is 0 Å². The minimum Gasteiger partial charge on any atom is -0.462 e. The smallest absolute Gasteiger partial charge is 0.316 e. The number of nitrogens with zero attached hydrogens (tertiary/aromatic N) is 1. The fourth-order valence-corrected chi connectivity index (χ4v) is 10.4. The zero-order valence-corrected chi connectivity index (χ0v) is 33.4. The van der Waals surface area contributed by atoms with E-state index >= 15 is 0 Å². The highest BCUT2D eigenvalue weighted by Gasteiger charge is 2.60. The van der Waals surface area contributed by atoms with Gasteiger partial charge in [0.05, 0.1) is 37.1 Å². The van der Waals surface area contributed by atoms with Crippen LogP contribution in [0.4, 0.5) is 0 Å². The van der Waals surface area contributed by atoms with Gasteiger partial charge in [-0.25, -0.2) is 0 Å². The number of hydrogen-bond acceptors (Lipinski definition) is 12. The highest BCUT2D eigenvalue weighted by molar-refractivity contribution is 6.06. The maximum absolute atomic E-state index is 14.4. The summed E-state index contributed by atoms with van der Waals surface area (Å²) in [6.07, 6.45) is 14.4. The molecule has 0 aromatic rings. The second kappa shape index (κ2) is 16.8. The fraction of sp³-hybridized carbons (Fsp3) is 0.767. The van der Waals surface area contributed by atoms with Gasteiger partial charge in [0.15, 0.2) is 12.1 Å². The van der Waals surface area contributed by atoms with Crippen LogP contribution in [0, 0.1) is 23.7 Å². The molecule has 0 radical (unpaired) electrons. The number of rotatable bonds is 4. The van der Waals surface area contributed by atoms with Gasteiger partial charge in [-0.3, -0.25) is 4.79 Å². The molecule has 4 saturated heterocycles. The first-order valence-corrected chi connectivity index (χ1v) is 20.7. The highest BCUT2D eigenvalue weighted by Crippen LogP contribution is 2.48. The molecule has 1 spiro atoms. The van der Waals surface area contributed by atoms with E-state index in [1.807, 2.05) is 19.1 Å². The molecule has 5 heterocycles. The Morgan fingerprint density at radius 3 is 2.55 bits per heavy atom. The molecule has 14 atom stereocenters. The summed E-state index contributed by atoms with van der Waals surface area (Å²) in [5.41, 5.74) is 0.362. The Balaban J connectivity index is 1.25. The monoisotopic (exact) mass is 769 g/mol. The molecule has 306 valence electrons. The molecule has 12 nitrogen and oxygen atoms in total. The number of carbonyl (C=O) groups excluding carboxylic acids is 1. The van der Waals surface area contributed by atoms with Crippen molar-refractivity contribution < 1.29 is 53.4 Å². The largest absolute Gasteiger partial charge is 0.462 e. The molecule has 55 heavy (non-hydrogen) atoms. The number of fused-ring (bicyclic) bond motifs is 2. The van der Waals surface area contributed by atoms with Crippen LogP contribution in [0.3, 0.4) is 0 Å². The Hall–Kier alpha value is -2.42. The summed E-state index contributed by atoms with van der Waals surface area (Å²) in [6, 6.07) is 0. The van der Waals surface area contributed by atoms with Crippen LogP contribution in [0.25, 0.3) is 0 Å². The quantitative estimate of drug-likeness (QED) is 0.132. The van der Waals surface area contributed by atoms with Crippen LogP contribution in [-0.4, -0.2) is 107 Å². The van der Waals surface area contributed by atoms with E-state index < -0.39 is 66.2 Å². The van der Waals surface area contributed by atoms with E-state index in [1.54, 1.807) is 26.2 Å². The van der Waals surface area contributed by atoms with Gasteiger partial charge in [0.1, 0.15) is 35.5 Å². The SMILES string of the molecule is CO[C@H]1CC(O[C@@H]2/C(C)=C/C[C@@H]3C[C@@H](C[C@]4(CC[C@H](C)[C@@H](C5CCCCC5)O4)O3)OC(=O)[C@@H]3C=C(C)/C(=N/O)C4OC/C(=C\C=C\[C@@H]2C)[C@]43O)O[C@@H](C)C1O. The average molecular weight is 770 g/mol. The Morgan fingerprint density at radius 2 is 1.80 bits per heavy atom. The van der Waals surface area contributed by atoms with Gasteiger partial charge >= 0.3 is 5.97 Å². The van der Waals surface area contributed by atoms with Crippen molar-refractivity contribution in [2.75, 3.05) is 13.7 Å². The predicted molar refractivity (Wildman–Crippen MR) is 203 cm³/mol. The third kappa shape index (κ3) is 8.17. The van der Waals surface area contributed by atoms with Crippen molar-refractivity contribution in [2.24, 2.45) is 28.8 Å². The lowest BCUT2D eigenvalue weighted by atomic mass is 9.71. The third-order valence-corrected chi connectivity index (χ3v) is 13.6. The molecule has 7 aliphatic rings. The van der Waals surface area contributed by atoms with Gasteiger partial charge in [-0.1, -0.05) is 68.6 Å². The van der Waals surface area contributed by atoms with E-state index in [9.17, 15) is 20.2 Å². The first-order chi connectivity index (χ1) is 26.4. The number of allylic oxidation sites excluding steroid dienone is 2. The molecule has 5 fully saturated rings. The normalized spacial score (nSPS) is 47.9. The van der Waals surface area contributed by atoms with Crippen molar-refractivity contribution in [3.63, 3.8) is 0 Å². The molecule has 3 N–H and O–H groups in total. The average Bonchev–Trinajstić information content (AvgIpc) is 3.50. The third-order valence-electron chi connectivity index (χ3n) is 13.6. The van der Waals surface area contributed by atoms with Crippen LogP contribution in [0.15, 0.2) is 52.3 Å². The van der Waals surface area contributed by atoms with E-state index in [1.165, 1.54) is 19.3 Å². The van der Waals surface area contributed by atoms with E-state index in [4.69, 9.17) is 33.2 Å². The van der Waals surface area contributed by atoms with E-state index in [2.05, 4.69) is 32.0 Å². The number of methoxy groups -OCH3 is 1. The highest BCUT2D eigenvalue weighted by atomic mass is 16.7. The van der Waals surface area contributed by atoms with Crippen LogP contribution in [0.1, 0.15) is 105 Å². The molecule has 1 saturated carbocycles. The van der Waals surface area contributed by atoms with E-state index in [-0.39, 0.29) is 30.4 Å². The van der Waals surface area contributed by atoms with Crippen molar-refractivity contribution in [3.8, 4) is 0 Å². The predicted octanol–water partition coefficient (Wildman–Crippen LogP) is 6.07. The van der Waals surface area contributed by atoms with Crippen LogP contribution >= 0.6 is 0 Å². The molecule has 5 aliphatic heterocycles. The summed E-state index contributed by atoms with van der Waals surface area (Å²) >= 11 is 0. The van der Waals surface area contributed by atoms with Crippen molar-refractivity contribution in [1.82, 2.24) is 0 Å². The molecular weight excluding hydrogens is 706 g/mol. The number of hydrogen-bond donors (Lipinski definition) is 3. The standard InChI is InChI=1S/C43H63NO11/c1-24-11-10-14-30-23-50-40-36(44-48)27(4)19-33(43(30,40)47)41(46)52-32-20-31(16-15-25(2)38(24)53-35-21-34(49-6)37(45)28(5)51-35)54-42(22-32)18-17-26(3)39(55-42)29-12-8-7-9-13-29/h10-11,14-15,19,24,26,28-29,31-35,37-40,45,47-48H,7-9,12-13,16-18,20-23H2,1-6H3/b11-10+,25-15+,30-14+,44-36-/t24-,26-,28-,31+,32-,33-,34-,35?,37?,38-,39-,40?,42+,43+/m0/s1. The minimum atomic E-state index is -1.83. The van der Waals surface area contributed by atoms with Gasteiger partial charge < -0.3 is 48.6 Å². The summed E-state index contributed by atoms with van der Waals surface area (Å²) < 4.78 is 45.1.